The molecule has 246 valence electrons. The summed E-state index contributed by atoms with van der Waals surface area (Å²) in [6.07, 6.45) is 7.16. The van der Waals surface area contributed by atoms with Crippen LogP contribution in [-0.4, -0.2) is 89.8 Å². The molecule has 4 heterocycles. The first-order chi connectivity index (χ1) is 22.3. The maximum atomic E-state index is 12.3. The summed E-state index contributed by atoms with van der Waals surface area (Å²) < 4.78 is 16.4. The van der Waals surface area contributed by atoms with Gasteiger partial charge in [-0.2, -0.15) is 0 Å². The Bertz CT molecular complexity index is 1460. The molecule has 0 saturated carbocycles. The van der Waals surface area contributed by atoms with Crippen molar-refractivity contribution in [3.8, 4) is 22.9 Å². The number of halogens is 2. The van der Waals surface area contributed by atoms with E-state index in [0.29, 0.717) is 85.0 Å². The molecule has 1 aromatic carbocycles. The molecular weight excluding hydrogens is 631 g/mol. The van der Waals surface area contributed by atoms with Crippen LogP contribution in [0, 0.1) is 5.92 Å². The molecule has 2 aliphatic heterocycles. The van der Waals surface area contributed by atoms with Gasteiger partial charge in [-0.15, -0.1) is 0 Å². The molecule has 11 nitrogen and oxygen atoms in total. The maximum absolute atomic E-state index is 12.3. The molecule has 2 aliphatic rings. The molecule has 13 heteroatoms. The van der Waals surface area contributed by atoms with Crippen LogP contribution in [0.4, 0.5) is 10.7 Å². The summed E-state index contributed by atoms with van der Waals surface area (Å²) in [7, 11) is 1.43. The van der Waals surface area contributed by atoms with E-state index in [0.717, 1.165) is 49.9 Å². The third kappa shape index (κ3) is 9.43. The zero-order valence-corrected chi connectivity index (χ0v) is 27.8. The standard InChI is InChI=1S/C33H40Cl2N6O5/c1-3-4-13-45-33(43)41-11-9-40(10-12-41)32-36-20-28(21-37-32)46-30-15-24(14-29(38-30)25-17-26(34)19-27(35)18-25)22-39-7-5-23(6-8-39)16-31(42)44-2/h14-15,17-21,23H,3-13,16,22H2,1-2H3. The van der Waals surface area contributed by atoms with Gasteiger partial charge < -0.3 is 24.0 Å². The minimum atomic E-state index is -0.269. The second-order valence-corrected chi connectivity index (χ2v) is 12.5. The fourth-order valence-corrected chi connectivity index (χ4v) is 6.13. The average molecular weight is 672 g/mol. The predicted octanol–water partition coefficient (Wildman–Crippen LogP) is 6.47. The number of esters is 1. The Morgan fingerprint density at radius 2 is 1.63 bits per heavy atom. The van der Waals surface area contributed by atoms with Gasteiger partial charge in [0.2, 0.25) is 11.8 Å². The molecule has 3 aromatic rings. The number of carbonyl (C=O) groups excluding carboxylic acids is 2. The number of benzene rings is 1. The molecule has 1 amide bonds. The average Bonchev–Trinajstić information content (AvgIpc) is 3.05. The lowest BCUT2D eigenvalue weighted by Crippen LogP contribution is -2.49. The molecule has 5 rings (SSSR count). The monoisotopic (exact) mass is 670 g/mol. The summed E-state index contributed by atoms with van der Waals surface area (Å²) in [5.41, 5.74) is 2.48. The summed E-state index contributed by atoms with van der Waals surface area (Å²) in [6.45, 7) is 7.27. The van der Waals surface area contributed by atoms with Gasteiger partial charge in [0, 0.05) is 60.8 Å². The fraction of sp³-hybridized carbons (Fsp3) is 0.485. The number of pyridine rings is 1. The van der Waals surface area contributed by atoms with E-state index in [2.05, 4.69) is 21.8 Å². The van der Waals surface area contributed by atoms with Gasteiger partial charge in [-0.1, -0.05) is 36.5 Å². The smallest absolute Gasteiger partial charge is 0.409 e. The second kappa shape index (κ2) is 16.2. The van der Waals surface area contributed by atoms with Gasteiger partial charge in [-0.25, -0.2) is 19.7 Å². The van der Waals surface area contributed by atoms with E-state index in [1.807, 2.05) is 29.2 Å². The number of amides is 1. The summed E-state index contributed by atoms with van der Waals surface area (Å²) in [5.74, 6) is 1.60. The molecule has 0 N–H and O–H groups in total. The van der Waals surface area contributed by atoms with Crippen molar-refractivity contribution in [1.82, 2.24) is 24.8 Å². The van der Waals surface area contributed by atoms with Crippen molar-refractivity contribution < 1.29 is 23.8 Å². The zero-order valence-electron chi connectivity index (χ0n) is 26.3. The molecule has 46 heavy (non-hydrogen) atoms. The molecular formula is C33H40Cl2N6O5. The summed E-state index contributed by atoms with van der Waals surface area (Å²) >= 11 is 12.6. The van der Waals surface area contributed by atoms with Crippen molar-refractivity contribution in [1.29, 1.82) is 0 Å². The Kier molecular flexibility index (Phi) is 11.9. The Morgan fingerprint density at radius 3 is 2.28 bits per heavy atom. The lowest BCUT2D eigenvalue weighted by atomic mass is 9.93. The van der Waals surface area contributed by atoms with Crippen LogP contribution in [0.25, 0.3) is 11.3 Å². The van der Waals surface area contributed by atoms with Crippen molar-refractivity contribution >= 4 is 41.2 Å². The van der Waals surface area contributed by atoms with Crippen molar-refractivity contribution in [3.05, 3.63) is 58.3 Å². The molecule has 2 saturated heterocycles. The van der Waals surface area contributed by atoms with Crippen LogP contribution in [0.1, 0.15) is 44.6 Å². The first kappa shape index (κ1) is 33.7. The minimum absolute atomic E-state index is 0.154. The number of hydrogen-bond donors (Lipinski definition) is 0. The molecule has 0 aliphatic carbocycles. The van der Waals surface area contributed by atoms with Crippen LogP contribution in [0.5, 0.6) is 11.6 Å². The number of nitrogens with zero attached hydrogens (tertiary/aromatic N) is 6. The first-order valence-electron chi connectivity index (χ1n) is 15.7. The summed E-state index contributed by atoms with van der Waals surface area (Å²) in [5, 5.41) is 1.03. The topological polar surface area (TPSA) is 110 Å². The maximum Gasteiger partial charge on any atom is 0.409 e. The number of hydrogen-bond acceptors (Lipinski definition) is 10. The molecule has 2 fully saturated rings. The normalized spacial score (nSPS) is 15.9. The number of piperazine rings is 1. The van der Waals surface area contributed by atoms with Crippen LogP contribution in [0.3, 0.4) is 0 Å². The highest BCUT2D eigenvalue weighted by Gasteiger charge is 2.24. The highest BCUT2D eigenvalue weighted by atomic mass is 35.5. The third-order valence-corrected chi connectivity index (χ3v) is 8.63. The number of aromatic nitrogens is 3. The first-order valence-corrected chi connectivity index (χ1v) is 16.5. The minimum Gasteiger partial charge on any atom is -0.469 e. The van der Waals surface area contributed by atoms with Gasteiger partial charge >= 0.3 is 12.1 Å². The number of piperidine rings is 1. The largest absolute Gasteiger partial charge is 0.469 e. The van der Waals surface area contributed by atoms with Gasteiger partial charge in [0.1, 0.15) is 0 Å². The highest BCUT2D eigenvalue weighted by molar-refractivity contribution is 6.35. The second-order valence-electron chi connectivity index (χ2n) is 11.6. The number of ether oxygens (including phenoxy) is 3. The lowest BCUT2D eigenvalue weighted by Gasteiger charge is -2.34. The number of anilines is 1. The van der Waals surface area contributed by atoms with Crippen LogP contribution in [0.2, 0.25) is 10.0 Å². The van der Waals surface area contributed by atoms with Crippen molar-refractivity contribution in [2.75, 3.05) is 57.9 Å². The van der Waals surface area contributed by atoms with Gasteiger partial charge in [0.25, 0.3) is 0 Å². The van der Waals surface area contributed by atoms with Crippen molar-refractivity contribution in [2.45, 2.75) is 45.6 Å². The van der Waals surface area contributed by atoms with E-state index in [1.54, 1.807) is 23.4 Å². The zero-order chi connectivity index (χ0) is 32.5. The SMILES string of the molecule is CCCCOC(=O)N1CCN(c2ncc(Oc3cc(CN4CCC(CC(=O)OC)CC4)cc(-c4cc(Cl)cc(Cl)c4)n3)cn2)CC1. The third-order valence-electron chi connectivity index (χ3n) is 8.20. The van der Waals surface area contributed by atoms with E-state index in [1.165, 1.54) is 7.11 Å². The lowest BCUT2D eigenvalue weighted by molar-refractivity contribution is -0.142. The number of methoxy groups -OCH3 is 1. The number of likely N-dealkylation sites (tertiary alicyclic amines) is 1. The van der Waals surface area contributed by atoms with Crippen molar-refractivity contribution in [3.63, 3.8) is 0 Å². The predicted molar refractivity (Wildman–Crippen MR) is 176 cm³/mol. The quantitative estimate of drug-likeness (QED) is 0.166. The molecule has 0 spiro atoms. The molecule has 0 unspecified atom stereocenters. The fourth-order valence-electron chi connectivity index (χ4n) is 5.61. The Labute approximate surface area is 279 Å². The molecule has 0 bridgehead atoms. The van der Waals surface area contributed by atoms with Crippen molar-refractivity contribution in [2.24, 2.45) is 5.92 Å². The molecule has 0 atom stereocenters. The van der Waals surface area contributed by atoms with E-state index < -0.39 is 0 Å². The summed E-state index contributed by atoms with van der Waals surface area (Å²) in [4.78, 5) is 44.0. The van der Waals surface area contributed by atoms with Gasteiger partial charge in [0.05, 0.1) is 31.8 Å². The number of carbonyl (C=O) groups is 2. The highest BCUT2D eigenvalue weighted by Crippen LogP contribution is 2.31. The van der Waals surface area contributed by atoms with Gasteiger partial charge in [-0.3, -0.25) is 9.69 Å². The van der Waals surface area contributed by atoms with Gasteiger partial charge in [-0.05, 0) is 68.1 Å². The van der Waals surface area contributed by atoms with Crippen LogP contribution < -0.4 is 9.64 Å². The summed E-state index contributed by atoms with van der Waals surface area (Å²) in [6, 6.07) is 9.27. The van der Waals surface area contributed by atoms with E-state index in [-0.39, 0.29) is 12.1 Å². The number of rotatable bonds is 11. The van der Waals surface area contributed by atoms with E-state index in [9.17, 15) is 9.59 Å². The van der Waals surface area contributed by atoms with E-state index in [4.69, 9.17) is 42.4 Å². The molecule has 2 aromatic heterocycles. The number of unbranched alkanes of at least 4 members (excludes halogenated alkanes) is 1. The Balaban J connectivity index is 1.25. The Hall–Kier alpha value is -3.67. The van der Waals surface area contributed by atoms with E-state index >= 15 is 0 Å². The Morgan fingerprint density at radius 1 is 0.935 bits per heavy atom. The van der Waals surface area contributed by atoms with Gasteiger partial charge in [0.15, 0.2) is 5.75 Å². The molecule has 0 radical (unpaired) electrons. The van der Waals surface area contributed by atoms with Crippen LogP contribution >= 0.6 is 23.2 Å². The van der Waals surface area contributed by atoms with Crippen LogP contribution in [0.15, 0.2) is 42.7 Å². The van der Waals surface area contributed by atoms with Crippen LogP contribution in [-0.2, 0) is 20.8 Å².